The first-order valence-electron chi connectivity index (χ1n) is 17.6. The average molecular weight is 643 g/mol. The van der Waals surface area contributed by atoms with Crippen molar-refractivity contribution in [1.82, 2.24) is 4.57 Å². The second kappa shape index (κ2) is 12.1. The molecule has 0 spiro atoms. The van der Waals surface area contributed by atoms with Gasteiger partial charge in [0, 0.05) is 39.1 Å². The van der Waals surface area contributed by atoms with Gasteiger partial charge in [-0.2, -0.15) is 0 Å². The quantitative estimate of drug-likeness (QED) is 0.170. The molecule has 50 heavy (non-hydrogen) atoms. The van der Waals surface area contributed by atoms with Crippen LogP contribution in [0, 0.1) is 0 Å². The molecule has 5 aromatic carbocycles. The topological polar surface area (TPSA) is 8.17 Å². The summed E-state index contributed by atoms with van der Waals surface area (Å²) in [5.74, 6) is 0. The molecule has 0 radical (unpaired) electrons. The van der Waals surface area contributed by atoms with Crippen LogP contribution in [0.5, 0.6) is 0 Å². The Bertz CT molecular complexity index is 2460. The van der Waals surface area contributed by atoms with Gasteiger partial charge in [-0.05, 0) is 119 Å². The Morgan fingerprint density at radius 2 is 1.44 bits per heavy atom. The maximum absolute atomic E-state index is 3.35. The van der Waals surface area contributed by atoms with Crippen molar-refractivity contribution in [3.05, 3.63) is 197 Å². The van der Waals surface area contributed by atoms with Gasteiger partial charge >= 0.3 is 0 Å². The van der Waals surface area contributed by atoms with Crippen molar-refractivity contribution in [3.8, 4) is 16.8 Å². The van der Waals surface area contributed by atoms with Gasteiger partial charge in [-0.3, -0.25) is 0 Å². The first kappa shape index (κ1) is 30.0. The molecule has 2 heteroatoms. The summed E-state index contributed by atoms with van der Waals surface area (Å²) in [6, 6.07) is 46.2. The predicted octanol–water partition coefficient (Wildman–Crippen LogP) is 12.6. The summed E-state index contributed by atoms with van der Waals surface area (Å²) in [6.07, 6.45) is 17.5. The second-order valence-electron chi connectivity index (χ2n) is 13.8. The second-order valence-corrected chi connectivity index (χ2v) is 13.8. The lowest BCUT2D eigenvalue weighted by molar-refractivity contribution is 0.656. The molecule has 0 saturated heterocycles. The van der Waals surface area contributed by atoms with Gasteiger partial charge in [0.1, 0.15) is 0 Å². The molecule has 0 bridgehead atoms. The van der Waals surface area contributed by atoms with Crippen molar-refractivity contribution >= 4 is 40.0 Å². The van der Waals surface area contributed by atoms with E-state index in [0.717, 1.165) is 24.2 Å². The van der Waals surface area contributed by atoms with Crippen molar-refractivity contribution in [3.63, 3.8) is 0 Å². The normalized spacial score (nSPS) is 18.7. The lowest BCUT2D eigenvalue weighted by Crippen LogP contribution is -2.18. The molecule has 1 heterocycles. The molecule has 0 unspecified atom stereocenters. The van der Waals surface area contributed by atoms with E-state index in [2.05, 4.69) is 193 Å². The number of hydrogen-bond acceptors (Lipinski definition) is 1. The molecule has 2 nitrogen and oxygen atoms in total. The van der Waals surface area contributed by atoms with E-state index < -0.39 is 0 Å². The fourth-order valence-electron chi connectivity index (χ4n) is 8.12. The van der Waals surface area contributed by atoms with E-state index >= 15 is 0 Å². The lowest BCUT2D eigenvalue weighted by Gasteiger charge is -2.29. The van der Waals surface area contributed by atoms with Crippen LogP contribution in [0.4, 0.5) is 11.4 Å². The van der Waals surface area contributed by atoms with Crippen LogP contribution in [-0.2, 0) is 5.41 Å². The summed E-state index contributed by atoms with van der Waals surface area (Å²) in [4.78, 5) is 2.43. The highest BCUT2D eigenvalue weighted by Gasteiger charge is 2.37. The summed E-state index contributed by atoms with van der Waals surface area (Å²) < 4.78 is 2.35. The molecule has 1 aromatic heterocycles. The molecule has 0 aliphatic heterocycles. The molecular weight excluding hydrogens is 605 g/mol. The molecule has 3 aliphatic carbocycles. The van der Waals surface area contributed by atoms with Gasteiger partial charge in [0.2, 0.25) is 0 Å². The molecule has 0 fully saturated rings. The van der Waals surface area contributed by atoms with E-state index in [9.17, 15) is 0 Å². The van der Waals surface area contributed by atoms with Crippen LogP contribution in [0.25, 0.3) is 45.4 Å². The van der Waals surface area contributed by atoms with Gasteiger partial charge in [-0.25, -0.2) is 0 Å². The van der Waals surface area contributed by atoms with Gasteiger partial charge in [0.15, 0.2) is 0 Å². The van der Waals surface area contributed by atoms with E-state index in [1.54, 1.807) is 0 Å². The molecule has 0 atom stereocenters. The smallest absolute Gasteiger partial charge is 0.0547 e. The molecule has 9 rings (SSSR count). The molecule has 3 aliphatic rings. The zero-order valence-corrected chi connectivity index (χ0v) is 28.5. The Balaban J connectivity index is 1.11. The zero-order valence-electron chi connectivity index (χ0n) is 28.5. The van der Waals surface area contributed by atoms with Crippen molar-refractivity contribution in [2.24, 2.45) is 0 Å². The third-order valence-electron chi connectivity index (χ3n) is 10.5. The number of aromatic nitrogens is 1. The van der Waals surface area contributed by atoms with Crippen LogP contribution in [0.3, 0.4) is 0 Å². The Hall–Kier alpha value is -6.08. The van der Waals surface area contributed by atoms with Gasteiger partial charge in [-0.15, -0.1) is 5.73 Å². The number of para-hydroxylation sites is 2. The van der Waals surface area contributed by atoms with Crippen LogP contribution in [0.15, 0.2) is 175 Å². The zero-order chi connectivity index (χ0) is 33.7. The SMILES string of the molecule is CC1(C)C2=C\CC/C(N(c3ccccc3)c3ccc(-c4ccc5c(c4)c4c(n5-c5ccccc5)C=CC=C=C4)cc3)=C/C=C\2c2ccccc21. The van der Waals surface area contributed by atoms with Gasteiger partial charge in [-0.1, -0.05) is 111 Å². The lowest BCUT2D eigenvalue weighted by atomic mass is 9.81. The maximum atomic E-state index is 3.35. The minimum atomic E-state index is 0.0120. The third kappa shape index (κ3) is 4.96. The van der Waals surface area contributed by atoms with Gasteiger partial charge < -0.3 is 9.47 Å². The summed E-state index contributed by atoms with van der Waals surface area (Å²) in [5.41, 5.74) is 19.6. The third-order valence-corrected chi connectivity index (χ3v) is 10.5. The van der Waals surface area contributed by atoms with E-state index in [1.165, 1.54) is 66.9 Å². The highest BCUT2D eigenvalue weighted by Crippen LogP contribution is 2.50. The number of allylic oxidation sites excluding steroid dienone is 8. The number of fused-ring (bicyclic) bond motifs is 6. The van der Waals surface area contributed by atoms with Crippen LogP contribution < -0.4 is 4.90 Å². The Morgan fingerprint density at radius 1 is 0.720 bits per heavy atom. The molecular formula is C48H38N2. The van der Waals surface area contributed by atoms with Crippen LogP contribution in [-0.4, -0.2) is 4.57 Å². The fourth-order valence-corrected chi connectivity index (χ4v) is 8.12. The summed E-state index contributed by atoms with van der Waals surface area (Å²) in [5, 5.41) is 1.22. The van der Waals surface area contributed by atoms with E-state index in [0.29, 0.717) is 0 Å². The summed E-state index contributed by atoms with van der Waals surface area (Å²) in [7, 11) is 0. The van der Waals surface area contributed by atoms with E-state index in [-0.39, 0.29) is 5.41 Å². The van der Waals surface area contributed by atoms with Crippen LogP contribution >= 0.6 is 0 Å². The number of hydrogen-bond donors (Lipinski definition) is 0. The summed E-state index contributed by atoms with van der Waals surface area (Å²) in [6.45, 7) is 4.72. The maximum Gasteiger partial charge on any atom is 0.0547 e. The number of anilines is 2. The fraction of sp³-hybridized carbons (Fsp3) is 0.104. The number of nitrogens with zero attached hydrogens (tertiary/aromatic N) is 2. The highest BCUT2D eigenvalue weighted by atomic mass is 15.1. The van der Waals surface area contributed by atoms with Crippen molar-refractivity contribution in [1.29, 1.82) is 0 Å². The van der Waals surface area contributed by atoms with Crippen molar-refractivity contribution in [2.45, 2.75) is 32.1 Å². The minimum absolute atomic E-state index is 0.0120. The minimum Gasteiger partial charge on any atom is -0.314 e. The molecule has 0 N–H and O–H groups in total. The molecule has 6 aromatic rings. The van der Waals surface area contributed by atoms with Crippen LogP contribution in [0.2, 0.25) is 0 Å². The Kier molecular flexibility index (Phi) is 7.27. The number of rotatable bonds is 5. The molecule has 0 amide bonds. The first-order valence-corrected chi connectivity index (χ1v) is 17.6. The average Bonchev–Trinajstić information content (AvgIpc) is 3.40. The van der Waals surface area contributed by atoms with Crippen molar-refractivity contribution in [2.75, 3.05) is 4.90 Å². The largest absolute Gasteiger partial charge is 0.314 e. The number of benzene rings is 5. The Morgan fingerprint density at radius 3 is 2.26 bits per heavy atom. The summed E-state index contributed by atoms with van der Waals surface area (Å²) >= 11 is 0. The van der Waals surface area contributed by atoms with E-state index in [1.807, 2.05) is 6.08 Å². The monoisotopic (exact) mass is 642 g/mol. The van der Waals surface area contributed by atoms with Gasteiger partial charge in [0.05, 0.1) is 11.2 Å². The predicted molar refractivity (Wildman–Crippen MR) is 212 cm³/mol. The van der Waals surface area contributed by atoms with Gasteiger partial charge in [0.25, 0.3) is 0 Å². The first-order chi connectivity index (χ1) is 24.6. The van der Waals surface area contributed by atoms with E-state index in [4.69, 9.17) is 0 Å². The highest BCUT2D eigenvalue weighted by molar-refractivity contribution is 5.98. The molecule has 240 valence electrons. The van der Waals surface area contributed by atoms with Crippen molar-refractivity contribution < 1.29 is 0 Å². The standard InChI is InChI=1S/C48H38N2/c1-48(2)44-22-13-12-20-40(44)41-31-30-38(19-14-23-45(41)48)49(36-15-6-3-7-16-36)39-28-25-34(26-29-39)35-27-32-47-43(33-35)42-21-10-5-11-24-46(42)50(47)37-17-8-4-9-18-37/h3-9,11-13,15-18,20-33H,14,19H2,1-2H3/b38-30-,41-31-,45-23-. The van der Waals surface area contributed by atoms with Crippen LogP contribution in [0.1, 0.15) is 49.1 Å². The molecule has 0 saturated carbocycles. The Labute approximate surface area is 294 Å².